The summed E-state index contributed by atoms with van der Waals surface area (Å²) in [7, 11) is 1.79. The lowest BCUT2D eigenvalue weighted by molar-refractivity contribution is 0.0239. The van der Waals surface area contributed by atoms with E-state index in [1.54, 1.807) is 32.2 Å². The maximum Gasteiger partial charge on any atom is 0.225 e. The standard InChI is InChI=1S/C13H20N4OS/c1-12(2,13(3,4)18)17-9-8-6-7-19-10(8)16-11(14-5)15-9/h6-7,18H,1-5H3,(H2,14,15,16,17). The van der Waals surface area contributed by atoms with Crippen molar-refractivity contribution in [3.8, 4) is 0 Å². The van der Waals surface area contributed by atoms with Gasteiger partial charge in [-0.15, -0.1) is 11.3 Å². The molecule has 3 N–H and O–H groups in total. The molecule has 2 heterocycles. The average Bonchev–Trinajstić information content (AvgIpc) is 2.75. The zero-order chi connectivity index (χ0) is 14.3. The molecule has 0 radical (unpaired) electrons. The number of hydrogen-bond donors (Lipinski definition) is 3. The van der Waals surface area contributed by atoms with Gasteiger partial charge in [-0.1, -0.05) is 0 Å². The highest BCUT2D eigenvalue weighted by Crippen LogP contribution is 2.31. The summed E-state index contributed by atoms with van der Waals surface area (Å²) >= 11 is 1.57. The number of rotatable bonds is 4. The second kappa shape index (κ2) is 4.61. The highest BCUT2D eigenvalue weighted by Gasteiger charge is 2.35. The van der Waals surface area contributed by atoms with Gasteiger partial charge in [0.2, 0.25) is 5.95 Å². The molecule has 0 bridgehead atoms. The minimum Gasteiger partial charge on any atom is -0.388 e. The van der Waals surface area contributed by atoms with Gasteiger partial charge in [-0.25, -0.2) is 4.98 Å². The molecule has 5 nitrogen and oxygen atoms in total. The summed E-state index contributed by atoms with van der Waals surface area (Å²) in [5.74, 6) is 1.31. The van der Waals surface area contributed by atoms with Crippen molar-refractivity contribution in [2.75, 3.05) is 17.7 Å². The minimum atomic E-state index is -0.875. The fourth-order valence-corrected chi connectivity index (χ4v) is 2.28. The fraction of sp³-hybridized carbons (Fsp3) is 0.538. The molecule has 2 aromatic rings. The number of anilines is 2. The third-order valence-corrected chi connectivity index (χ3v) is 4.32. The van der Waals surface area contributed by atoms with Gasteiger partial charge in [0, 0.05) is 7.05 Å². The Kier molecular flexibility index (Phi) is 3.40. The van der Waals surface area contributed by atoms with Gasteiger partial charge in [0.1, 0.15) is 10.6 Å². The first-order valence-electron chi connectivity index (χ1n) is 6.18. The number of thiophene rings is 1. The Hall–Kier alpha value is -1.40. The Labute approximate surface area is 117 Å². The Bertz CT molecular complexity index is 586. The topological polar surface area (TPSA) is 70.1 Å². The van der Waals surface area contributed by atoms with Gasteiger partial charge in [0.15, 0.2) is 0 Å². The van der Waals surface area contributed by atoms with Crippen LogP contribution < -0.4 is 10.6 Å². The van der Waals surface area contributed by atoms with Crippen molar-refractivity contribution < 1.29 is 5.11 Å². The van der Waals surface area contributed by atoms with Crippen molar-refractivity contribution in [2.45, 2.75) is 38.8 Å². The van der Waals surface area contributed by atoms with Gasteiger partial charge in [0.25, 0.3) is 0 Å². The SMILES string of the molecule is CNc1nc(NC(C)(C)C(C)(C)O)c2ccsc2n1. The molecule has 0 atom stereocenters. The summed E-state index contributed by atoms with van der Waals surface area (Å²) < 4.78 is 0. The van der Waals surface area contributed by atoms with E-state index in [9.17, 15) is 5.11 Å². The summed E-state index contributed by atoms with van der Waals surface area (Å²) in [6.07, 6.45) is 0. The molecular formula is C13H20N4OS. The molecule has 0 saturated carbocycles. The van der Waals surface area contributed by atoms with Crippen molar-refractivity contribution >= 4 is 33.3 Å². The van der Waals surface area contributed by atoms with Crippen LogP contribution in [0, 0.1) is 0 Å². The molecule has 0 saturated heterocycles. The summed E-state index contributed by atoms with van der Waals surface area (Å²) in [5, 5.41) is 19.5. The van der Waals surface area contributed by atoms with Crippen LogP contribution in [0.5, 0.6) is 0 Å². The molecule has 0 aromatic carbocycles. The molecule has 6 heteroatoms. The first-order chi connectivity index (χ1) is 8.74. The largest absolute Gasteiger partial charge is 0.388 e. The van der Waals surface area contributed by atoms with E-state index in [1.165, 1.54) is 0 Å². The first kappa shape index (κ1) is 14.0. The van der Waals surface area contributed by atoms with E-state index in [0.29, 0.717) is 5.95 Å². The molecule has 2 rings (SSSR count). The van der Waals surface area contributed by atoms with Crippen LogP contribution in [-0.2, 0) is 0 Å². The lowest BCUT2D eigenvalue weighted by Gasteiger charge is -2.38. The average molecular weight is 280 g/mol. The summed E-state index contributed by atoms with van der Waals surface area (Å²) in [5.41, 5.74) is -1.39. The van der Waals surface area contributed by atoms with Crippen molar-refractivity contribution in [1.29, 1.82) is 0 Å². The number of fused-ring (bicyclic) bond motifs is 1. The predicted octanol–water partition coefficient (Wildman–Crippen LogP) is 2.69. The molecule has 0 aliphatic heterocycles. The minimum absolute atomic E-state index is 0.513. The first-order valence-corrected chi connectivity index (χ1v) is 7.06. The lowest BCUT2D eigenvalue weighted by atomic mass is 9.86. The van der Waals surface area contributed by atoms with E-state index in [4.69, 9.17) is 0 Å². The highest BCUT2D eigenvalue weighted by molar-refractivity contribution is 7.16. The molecule has 0 aliphatic carbocycles. The van der Waals surface area contributed by atoms with E-state index in [1.807, 2.05) is 25.3 Å². The maximum absolute atomic E-state index is 10.2. The molecule has 19 heavy (non-hydrogen) atoms. The Morgan fingerprint density at radius 3 is 2.47 bits per heavy atom. The van der Waals surface area contributed by atoms with E-state index in [-0.39, 0.29) is 0 Å². The summed E-state index contributed by atoms with van der Waals surface area (Å²) in [6, 6.07) is 1.99. The van der Waals surface area contributed by atoms with Crippen LogP contribution >= 0.6 is 11.3 Å². The Morgan fingerprint density at radius 2 is 1.89 bits per heavy atom. The third-order valence-electron chi connectivity index (χ3n) is 3.51. The third kappa shape index (κ3) is 2.64. The lowest BCUT2D eigenvalue weighted by Crippen LogP contribution is -2.51. The van der Waals surface area contributed by atoms with Crippen LogP contribution in [0.25, 0.3) is 10.2 Å². The zero-order valence-corrected chi connectivity index (χ0v) is 12.7. The number of nitrogens with one attached hydrogen (secondary N) is 2. The van der Waals surface area contributed by atoms with Crippen LogP contribution in [0.3, 0.4) is 0 Å². The molecule has 104 valence electrons. The molecule has 0 unspecified atom stereocenters. The van der Waals surface area contributed by atoms with E-state index >= 15 is 0 Å². The van der Waals surface area contributed by atoms with Gasteiger partial charge in [-0.05, 0) is 39.1 Å². The monoisotopic (exact) mass is 280 g/mol. The van der Waals surface area contributed by atoms with Gasteiger partial charge in [0.05, 0.1) is 16.5 Å². The summed E-state index contributed by atoms with van der Waals surface area (Å²) in [6.45, 7) is 7.47. The van der Waals surface area contributed by atoms with E-state index in [2.05, 4.69) is 20.6 Å². The molecule has 0 spiro atoms. The van der Waals surface area contributed by atoms with Gasteiger partial charge >= 0.3 is 0 Å². The van der Waals surface area contributed by atoms with Crippen molar-refractivity contribution in [3.05, 3.63) is 11.4 Å². The van der Waals surface area contributed by atoms with Crippen LogP contribution in [0.1, 0.15) is 27.7 Å². The predicted molar refractivity (Wildman–Crippen MR) is 81.0 cm³/mol. The van der Waals surface area contributed by atoms with Crippen molar-refractivity contribution in [3.63, 3.8) is 0 Å². The number of hydrogen-bond acceptors (Lipinski definition) is 6. The smallest absolute Gasteiger partial charge is 0.225 e. The number of aliphatic hydroxyl groups is 1. The molecule has 0 aliphatic rings. The van der Waals surface area contributed by atoms with Crippen LogP contribution in [0.4, 0.5) is 11.8 Å². The number of nitrogens with zero attached hydrogens (tertiary/aromatic N) is 2. The van der Waals surface area contributed by atoms with Gasteiger partial charge in [-0.2, -0.15) is 4.98 Å². The van der Waals surface area contributed by atoms with E-state index in [0.717, 1.165) is 16.0 Å². The van der Waals surface area contributed by atoms with Gasteiger partial charge in [-0.3, -0.25) is 0 Å². The molecule has 0 amide bonds. The quantitative estimate of drug-likeness (QED) is 0.803. The molecule has 0 fully saturated rings. The Morgan fingerprint density at radius 1 is 1.21 bits per heavy atom. The van der Waals surface area contributed by atoms with Crippen molar-refractivity contribution in [1.82, 2.24) is 9.97 Å². The molecule has 2 aromatic heterocycles. The van der Waals surface area contributed by atoms with Crippen molar-refractivity contribution in [2.24, 2.45) is 0 Å². The second-order valence-corrected chi connectivity index (χ2v) is 6.49. The number of aromatic nitrogens is 2. The second-order valence-electron chi connectivity index (χ2n) is 5.59. The Balaban J connectivity index is 2.47. The van der Waals surface area contributed by atoms with Crippen LogP contribution in [0.15, 0.2) is 11.4 Å². The maximum atomic E-state index is 10.2. The molecular weight excluding hydrogens is 260 g/mol. The summed E-state index contributed by atoms with van der Waals surface area (Å²) in [4.78, 5) is 9.78. The normalized spacial score (nSPS) is 12.7. The van der Waals surface area contributed by atoms with Crippen LogP contribution in [-0.4, -0.2) is 33.3 Å². The zero-order valence-electron chi connectivity index (χ0n) is 11.9. The van der Waals surface area contributed by atoms with E-state index < -0.39 is 11.1 Å². The van der Waals surface area contributed by atoms with Crippen LogP contribution in [0.2, 0.25) is 0 Å². The fourth-order valence-electron chi connectivity index (χ4n) is 1.51. The van der Waals surface area contributed by atoms with Gasteiger partial charge < -0.3 is 15.7 Å². The highest BCUT2D eigenvalue weighted by atomic mass is 32.1.